The summed E-state index contributed by atoms with van der Waals surface area (Å²) in [7, 11) is 0. The molecule has 1 aromatic rings. The molecule has 0 radical (unpaired) electrons. The number of pyridine rings is 1. The zero-order valence-corrected chi connectivity index (χ0v) is 11.9. The first-order chi connectivity index (χ1) is 7.71. The number of aromatic nitrogens is 1. The number of carbonyl (C=O) groups excluding carboxylic acids is 1. The second kappa shape index (κ2) is 5.23. The molecule has 0 saturated heterocycles. The van der Waals surface area contributed by atoms with Gasteiger partial charge >= 0.3 is 0 Å². The van der Waals surface area contributed by atoms with E-state index in [4.69, 9.17) is 23.2 Å². The van der Waals surface area contributed by atoms with Gasteiger partial charge < -0.3 is 5.32 Å². The molecule has 0 aliphatic carbocycles. The summed E-state index contributed by atoms with van der Waals surface area (Å²) in [6.45, 7) is 8.12. The molecule has 0 bridgehead atoms. The quantitative estimate of drug-likeness (QED) is 0.838. The van der Waals surface area contributed by atoms with Crippen LogP contribution in [0.15, 0.2) is 12.3 Å². The van der Waals surface area contributed by atoms with Crippen molar-refractivity contribution in [1.82, 2.24) is 10.3 Å². The third-order valence-electron chi connectivity index (χ3n) is 2.71. The Balaban J connectivity index is 2.87. The van der Waals surface area contributed by atoms with E-state index in [0.717, 1.165) is 0 Å². The molecule has 0 aliphatic heterocycles. The highest BCUT2D eigenvalue weighted by Gasteiger charge is 2.23. The first kappa shape index (κ1) is 14.3. The van der Waals surface area contributed by atoms with E-state index in [9.17, 15) is 4.79 Å². The Morgan fingerprint density at radius 1 is 1.41 bits per heavy atom. The Bertz CT molecular complexity index is 427. The number of nitrogens with one attached hydrogen (secondary N) is 1. The Morgan fingerprint density at radius 3 is 2.53 bits per heavy atom. The zero-order valence-electron chi connectivity index (χ0n) is 10.3. The van der Waals surface area contributed by atoms with Crippen LogP contribution in [0.4, 0.5) is 0 Å². The Hall–Kier alpha value is -0.800. The van der Waals surface area contributed by atoms with Crippen molar-refractivity contribution in [2.24, 2.45) is 5.41 Å². The van der Waals surface area contributed by atoms with Gasteiger partial charge in [-0.05, 0) is 18.4 Å². The summed E-state index contributed by atoms with van der Waals surface area (Å²) < 4.78 is 0. The van der Waals surface area contributed by atoms with Crippen LogP contribution in [0.25, 0.3) is 0 Å². The summed E-state index contributed by atoms with van der Waals surface area (Å²) in [4.78, 5) is 15.8. The molecule has 1 N–H and O–H groups in total. The van der Waals surface area contributed by atoms with Crippen molar-refractivity contribution < 1.29 is 4.79 Å². The smallest absolute Gasteiger partial charge is 0.253 e. The minimum absolute atomic E-state index is 0.0149. The van der Waals surface area contributed by atoms with Crippen LogP contribution in [0, 0.1) is 5.41 Å². The molecule has 1 rings (SSSR count). The zero-order chi connectivity index (χ0) is 13.2. The molecule has 1 atom stereocenters. The van der Waals surface area contributed by atoms with E-state index in [1.165, 1.54) is 12.3 Å². The van der Waals surface area contributed by atoms with Crippen molar-refractivity contribution in [1.29, 1.82) is 0 Å². The highest BCUT2D eigenvalue weighted by Crippen LogP contribution is 2.21. The predicted molar refractivity (Wildman–Crippen MR) is 70.6 cm³/mol. The van der Waals surface area contributed by atoms with Crippen LogP contribution in [0.1, 0.15) is 38.1 Å². The van der Waals surface area contributed by atoms with Gasteiger partial charge in [0.1, 0.15) is 5.15 Å². The molecule has 0 fully saturated rings. The lowest BCUT2D eigenvalue weighted by molar-refractivity contribution is 0.0910. The molecule has 1 aromatic heterocycles. The fourth-order valence-electron chi connectivity index (χ4n) is 1.08. The van der Waals surface area contributed by atoms with Crippen LogP contribution < -0.4 is 5.32 Å². The third-order valence-corrected chi connectivity index (χ3v) is 3.22. The SMILES string of the molecule is CC(NC(=O)c1cc(Cl)ncc1Cl)C(C)(C)C. The van der Waals surface area contributed by atoms with Crippen molar-refractivity contribution in [2.75, 3.05) is 0 Å². The van der Waals surface area contributed by atoms with Crippen LogP contribution in [-0.4, -0.2) is 16.9 Å². The minimum atomic E-state index is -0.235. The van der Waals surface area contributed by atoms with E-state index in [-0.39, 0.29) is 22.5 Å². The number of carbonyl (C=O) groups is 1. The highest BCUT2D eigenvalue weighted by atomic mass is 35.5. The third kappa shape index (κ3) is 3.86. The molecule has 0 saturated carbocycles. The second-order valence-electron chi connectivity index (χ2n) is 5.05. The number of nitrogens with zero attached hydrogens (tertiary/aromatic N) is 1. The number of hydrogen-bond donors (Lipinski definition) is 1. The van der Waals surface area contributed by atoms with Gasteiger partial charge in [0.2, 0.25) is 0 Å². The van der Waals surface area contributed by atoms with Crippen molar-refractivity contribution in [3.05, 3.63) is 28.0 Å². The second-order valence-corrected chi connectivity index (χ2v) is 5.84. The molecule has 0 aliphatic rings. The normalized spacial score (nSPS) is 13.3. The number of amides is 1. The lowest BCUT2D eigenvalue weighted by Gasteiger charge is -2.28. The van der Waals surface area contributed by atoms with Crippen LogP contribution >= 0.6 is 23.2 Å². The van der Waals surface area contributed by atoms with Crippen molar-refractivity contribution in [2.45, 2.75) is 33.7 Å². The average Bonchev–Trinajstić information content (AvgIpc) is 2.20. The van der Waals surface area contributed by atoms with Gasteiger partial charge in [0.05, 0.1) is 10.6 Å². The summed E-state index contributed by atoms with van der Waals surface area (Å²) in [5, 5.41) is 3.45. The molecule has 94 valence electrons. The maximum atomic E-state index is 12.0. The van der Waals surface area contributed by atoms with E-state index >= 15 is 0 Å². The topological polar surface area (TPSA) is 42.0 Å². The first-order valence-electron chi connectivity index (χ1n) is 5.33. The molecule has 3 nitrogen and oxygen atoms in total. The highest BCUT2D eigenvalue weighted by molar-refractivity contribution is 6.35. The van der Waals surface area contributed by atoms with E-state index in [2.05, 4.69) is 31.1 Å². The monoisotopic (exact) mass is 274 g/mol. The van der Waals surface area contributed by atoms with E-state index < -0.39 is 0 Å². The first-order valence-corrected chi connectivity index (χ1v) is 6.09. The Labute approximate surface area is 112 Å². The number of rotatable bonds is 2. The van der Waals surface area contributed by atoms with Gasteiger partial charge in [-0.2, -0.15) is 0 Å². The van der Waals surface area contributed by atoms with Gasteiger partial charge in [0.15, 0.2) is 0 Å². The summed E-state index contributed by atoms with van der Waals surface area (Å²) in [6.07, 6.45) is 1.38. The van der Waals surface area contributed by atoms with Crippen LogP contribution in [0.3, 0.4) is 0 Å². The van der Waals surface area contributed by atoms with Gasteiger partial charge in [-0.25, -0.2) is 4.98 Å². The molecule has 0 aromatic carbocycles. The van der Waals surface area contributed by atoms with Crippen LogP contribution in [0.5, 0.6) is 0 Å². The minimum Gasteiger partial charge on any atom is -0.349 e. The van der Waals surface area contributed by atoms with E-state index in [0.29, 0.717) is 10.6 Å². The van der Waals surface area contributed by atoms with E-state index in [1.807, 2.05) is 6.92 Å². The molecular formula is C12H16Cl2N2O. The van der Waals surface area contributed by atoms with Crippen molar-refractivity contribution in [3.8, 4) is 0 Å². The van der Waals surface area contributed by atoms with Crippen LogP contribution in [-0.2, 0) is 0 Å². The molecule has 5 heteroatoms. The van der Waals surface area contributed by atoms with Crippen molar-refractivity contribution in [3.63, 3.8) is 0 Å². The number of hydrogen-bond acceptors (Lipinski definition) is 2. The fourth-order valence-corrected chi connectivity index (χ4v) is 1.43. The largest absolute Gasteiger partial charge is 0.349 e. The molecule has 0 spiro atoms. The molecular weight excluding hydrogens is 259 g/mol. The van der Waals surface area contributed by atoms with E-state index in [1.54, 1.807) is 0 Å². The molecule has 1 unspecified atom stereocenters. The average molecular weight is 275 g/mol. The lowest BCUT2D eigenvalue weighted by Crippen LogP contribution is -2.41. The molecule has 1 heterocycles. The number of halogens is 2. The maximum absolute atomic E-state index is 12.0. The lowest BCUT2D eigenvalue weighted by atomic mass is 9.88. The summed E-state index contributed by atoms with van der Waals surface area (Å²) in [5.41, 5.74) is 0.335. The van der Waals surface area contributed by atoms with Gasteiger partial charge in [-0.3, -0.25) is 4.79 Å². The van der Waals surface area contributed by atoms with Gasteiger partial charge in [-0.1, -0.05) is 44.0 Å². The fraction of sp³-hybridized carbons (Fsp3) is 0.500. The summed E-state index contributed by atoms with van der Waals surface area (Å²) >= 11 is 11.6. The standard InChI is InChI=1S/C12H16Cl2N2O/c1-7(12(2,3)4)16-11(17)8-5-10(14)15-6-9(8)13/h5-7H,1-4H3,(H,16,17). The summed E-state index contributed by atoms with van der Waals surface area (Å²) in [6, 6.07) is 1.49. The van der Waals surface area contributed by atoms with Gasteiger partial charge in [-0.15, -0.1) is 0 Å². The Morgan fingerprint density at radius 2 is 2.00 bits per heavy atom. The Kier molecular flexibility index (Phi) is 4.39. The predicted octanol–water partition coefficient (Wildman–Crippen LogP) is 3.55. The molecule has 17 heavy (non-hydrogen) atoms. The maximum Gasteiger partial charge on any atom is 0.253 e. The molecule has 1 amide bonds. The van der Waals surface area contributed by atoms with Gasteiger partial charge in [0, 0.05) is 12.2 Å². The van der Waals surface area contributed by atoms with Crippen molar-refractivity contribution >= 4 is 29.1 Å². The van der Waals surface area contributed by atoms with Crippen LogP contribution in [0.2, 0.25) is 10.2 Å². The van der Waals surface area contributed by atoms with Gasteiger partial charge in [0.25, 0.3) is 5.91 Å². The summed E-state index contributed by atoms with van der Waals surface area (Å²) in [5.74, 6) is -0.235.